The van der Waals surface area contributed by atoms with Crippen LogP contribution in [0, 0.1) is 0 Å². The number of pyridine rings is 3. The molecule has 0 atom stereocenters. The smallest absolute Gasteiger partial charge is 0.354 e. The van der Waals surface area contributed by atoms with Gasteiger partial charge in [-0.3, -0.25) is 14.9 Å². The Hall–Kier alpha value is -3.12. The predicted octanol–water partition coefficient (Wildman–Crippen LogP) is 2.77. The van der Waals surface area contributed by atoms with Crippen LogP contribution in [0.4, 0.5) is 0 Å². The van der Waals surface area contributed by atoms with Gasteiger partial charge in [0.1, 0.15) is 5.69 Å². The number of hydrogen-bond donors (Lipinski definition) is 1. The molecule has 0 fully saturated rings. The minimum absolute atomic E-state index is 0.0492. The van der Waals surface area contributed by atoms with Crippen LogP contribution in [0.25, 0.3) is 0 Å². The van der Waals surface area contributed by atoms with Gasteiger partial charge in [-0.05, 0) is 36.4 Å². The van der Waals surface area contributed by atoms with E-state index in [1.54, 1.807) is 18.5 Å². The van der Waals surface area contributed by atoms with E-state index in [4.69, 9.17) is 5.11 Å². The van der Waals surface area contributed by atoms with Crippen LogP contribution in [-0.2, 0) is 19.6 Å². The van der Waals surface area contributed by atoms with Crippen LogP contribution in [0.1, 0.15) is 27.6 Å². The van der Waals surface area contributed by atoms with Crippen molar-refractivity contribution in [3.63, 3.8) is 0 Å². The molecule has 0 amide bonds. The predicted molar refractivity (Wildman–Crippen MR) is 92.6 cm³/mol. The lowest BCUT2D eigenvalue weighted by molar-refractivity contribution is 0.0689. The Labute approximate surface area is 145 Å². The average Bonchev–Trinajstić information content (AvgIpc) is 2.63. The standard InChI is InChI=1S/C19H18N4O2/c24-19(25)18-9-5-8-17(22-18)14-23(12-15-6-1-3-10-20-15)13-16-7-2-4-11-21-16/h1-11H,12-14H2,(H,24,25). The second-order valence-corrected chi connectivity index (χ2v) is 5.61. The van der Waals surface area contributed by atoms with Gasteiger partial charge in [0, 0.05) is 32.0 Å². The number of carbonyl (C=O) groups is 1. The molecule has 25 heavy (non-hydrogen) atoms. The molecular formula is C19H18N4O2. The fraction of sp³-hybridized carbons (Fsp3) is 0.158. The summed E-state index contributed by atoms with van der Waals surface area (Å²) in [5.41, 5.74) is 2.63. The van der Waals surface area contributed by atoms with E-state index < -0.39 is 5.97 Å². The first-order valence-corrected chi connectivity index (χ1v) is 7.92. The molecule has 0 radical (unpaired) electrons. The Morgan fingerprint density at radius 2 is 1.36 bits per heavy atom. The Morgan fingerprint density at radius 1 is 0.800 bits per heavy atom. The summed E-state index contributed by atoms with van der Waals surface area (Å²) in [4.78, 5) is 26.2. The molecular weight excluding hydrogens is 316 g/mol. The molecule has 3 heterocycles. The quantitative estimate of drug-likeness (QED) is 0.716. The van der Waals surface area contributed by atoms with Crippen LogP contribution < -0.4 is 0 Å². The van der Waals surface area contributed by atoms with Crippen molar-refractivity contribution in [1.29, 1.82) is 0 Å². The zero-order valence-corrected chi connectivity index (χ0v) is 13.6. The summed E-state index contributed by atoms with van der Waals surface area (Å²) in [6, 6.07) is 16.6. The molecule has 0 aliphatic carbocycles. The van der Waals surface area contributed by atoms with E-state index in [9.17, 15) is 4.79 Å². The topological polar surface area (TPSA) is 79.2 Å². The molecule has 6 heteroatoms. The van der Waals surface area contributed by atoms with Gasteiger partial charge in [0.15, 0.2) is 0 Å². The third-order valence-electron chi connectivity index (χ3n) is 3.63. The minimum Gasteiger partial charge on any atom is -0.477 e. The SMILES string of the molecule is O=C(O)c1cccc(CN(Cc2ccccn2)Cc2ccccn2)n1. The summed E-state index contributed by atoms with van der Waals surface area (Å²) in [7, 11) is 0. The highest BCUT2D eigenvalue weighted by molar-refractivity contribution is 5.85. The van der Waals surface area contributed by atoms with Gasteiger partial charge < -0.3 is 5.11 Å². The van der Waals surface area contributed by atoms with Crippen molar-refractivity contribution in [2.45, 2.75) is 19.6 Å². The van der Waals surface area contributed by atoms with Gasteiger partial charge in [0.2, 0.25) is 0 Å². The fourth-order valence-electron chi connectivity index (χ4n) is 2.53. The molecule has 3 rings (SSSR count). The maximum Gasteiger partial charge on any atom is 0.354 e. The number of carboxylic acid groups (broad SMARTS) is 1. The highest BCUT2D eigenvalue weighted by Crippen LogP contribution is 2.11. The van der Waals surface area contributed by atoms with E-state index in [0.29, 0.717) is 25.3 Å². The Morgan fingerprint density at radius 3 is 1.88 bits per heavy atom. The number of aromatic nitrogens is 3. The fourth-order valence-corrected chi connectivity index (χ4v) is 2.53. The third-order valence-corrected chi connectivity index (χ3v) is 3.63. The van der Waals surface area contributed by atoms with Crippen LogP contribution in [0.2, 0.25) is 0 Å². The second-order valence-electron chi connectivity index (χ2n) is 5.61. The Balaban J connectivity index is 1.80. The van der Waals surface area contributed by atoms with E-state index in [2.05, 4.69) is 19.9 Å². The molecule has 0 bridgehead atoms. The number of carboxylic acids is 1. The Kier molecular flexibility index (Phi) is 5.43. The molecule has 0 saturated heterocycles. The number of rotatable bonds is 7. The van der Waals surface area contributed by atoms with Crippen molar-refractivity contribution in [3.05, 3.63) is 89.8 Å². The van der Waals surface area contributed by atoms with Crippen molar-refractivity contribution in [3.8, 4) is 0 Å². The summed E-state index contributed by atoms with van der Waals surface area (Å²) in [5.74, 6) is -1.03. The summed E-state index contributed by atoms with van der Waals surface area (Å²) in [6.45, 7) is 1.75. The minimum atomic E-state index is -1.03. The van der Waals surface area contributed by atoms with Gasteiger partial charge in [0.25, 0.3) is 0 Å². The lowest BCUT2D eigenvalue weighted by Gasteiger charge is -2.21. The van der Waals surface area contributed by atoms with Crippen LogP contribution >= 0.6 is 0 Å². The zero-order valence-electron chi connectivity index (χ0n) is 13.6. The van der Waals surface area contributed by atoms with Crippen LogP contribution in [0.5, 0.6) is 0 Å². The van der Waals surface area contributed by atoms with Gasteiger partial charge in [-0.15, -0.1) is 0 Å². The van der Waals surface area contributed by atoms with Gasteiger partial charge in [0.05, 0.1) is 17.1 Å². The molecule has 1 N–H and O–H groups in total. The first-order chi connectivity index (χ1) is 12.2. The van der Waals surface area contributed by atoms with Crippen LogP contribution in [-0.4, -0.2) is 30.9 Å². The Bertz CT molecular complexity index is 784. The summed E-state index contributed by atoms with van der Waals surface area (Å²) in [6.07, 6.45) is 3.52. The molecule has 3 aromatic heterocycles. The molecule has 0 aliphatic rings. The van der Waals surface area contributed by atoms with Gasteiger partial charge >= 0.3 is 5.97 Å². The maximum absolute atomic E-state index is 11.1. The summed E-state index contributed by atoms with van der Waals surface area (Å²) < 4.78 is 0. The van der Waals surface area contributed by atoms with Crippen LogP contribution in [0.15, 0.2) is 67.0 Å². The normalized spacial score (nSPS) is 10.8. The highest BCUT2D eigenvalue weighted by Gasteiger charge is 2.12. The molecule has 3 aromatic rings. The van der Waals surface area contributed by atoms with E-state index in [1.165, 1.54) is 6.07 Å². The number of nitrogens with zero attached hydrogens (tertiary/aromatic N) is 4. The third kappa shape index (κ3) is 4.92. The lowest BCUT2D eigenvalue weighted by Crippen LogP contribution is -2.24. The average molecular weight is 334 g/mol. The summed E-state index contributed by atoms with van der Waals surface area (Å²) in [5, 5.41) is 9.12. The monoisotopic (exact) mass is 334 g/mol. The lowest BCUT2D eigenvalue weighted by atomic mass is 10.2. The molecule has 0 aromatic carbocycles. The van der Waals surface area contributed by atoms with Gasteiger partial charge in [-0.1, -0.05) is 18.2 Å². The van der Waals surface area contributed by atoms with Crippen LogP contribution in [0.3, 0.4) is 0 Å². The van der Waals surface area contributed by atoms with E-state index >= 15 is 0 Å². The molecule has 0 unspecified atom stereocenters. The first-order valence-electron chi connectivity index (χ1n) is 7.92. The first kappa shape index (κ1) is 16.7. The highest BCUT2D eigenvalue weighted by atomic mass is 16.4. The molecule has 0 aliphatic heterocycles. The molecule has 0 spiro atoms. The molecule has 6 nitrogen and oxygen atoms in total. The van der Waals surface area contributed by atoms with Crippen molar-refractivity contribution in [2.75, 3.05) is 0 Å². The van der Waals surface area contributed by atoms with Gasteiger partial charge in [-0.25, -0.2) is 9.78 Å². The van der Waals surface area contributed by atoms with Crippen molar-refractivity contribution < 1.29 is 9.90 Å². The second kappa shape index (κ2) is 8.12. The largest absolute Gasteiger partial charge is 0.477 e. The van der Waals surface area contributed by atoms with Crippen molar-refractivity contribution in [1.82, 2.24) is 19.9 Å². The molecule has 0 saturated carbocycles. The van der Waals surface area contributed by atoms with E-state index in [0.717, 1.165) is 11.4 Å². The van der Waals surface area contributed by atoms with Crippen molar-refractivity contribution >= 4 is 5.97 Å². The number of aromatic carboxylic acids is 1. The van der Waals surface area contributed by atoms with Gasteiger partial charge in [-0.2, -0.15) is 0 Å². The number of hydrogen-bond acceptors (Lipinski definition) is 5. The molecule has 126 valence electrons. The van der Waals surface area contributed by atoms with Crippen molar-refractivity contribution in [2.24, 2.45) is 0 Å². The zero-order chi connectivity index (χ0) is 17.5. The van der Waals surface area contributed by atoms with E-state index in [-0.39, 0.29) is 5.69 Å². The van der Waals surface area contributed by atoms with E-state index in [1.807, 2.05) is 42.5 Å². The summed E-state index contributed by atoms with van der Waals surface area (Å²) >= 11 is 0. The maximum atomic E-state index is 11.1.